The number of hydrogen-bond acceptors (Lipinski definition) is 5. The van der Waals surface area contributed by atoms with Crippen molar-refractivity contribution in [2.75, 3.05) is 11.9 Å². The van der Waals surface area contributed by atoms with Crippen LogP contribution in [0.1, 0.15) is 43.2 Å². The van der Waals surface area contributed by atoms with Crippen molar-refractivity contribution in [3.05, 3.63) is 34.8 Å². The molecule has 6 heteroatoms. The lowest BCUT2D eigenvalue weighted by atomic mass is 10.2. The number of unbranched alkanes of at least 4 members (excludes halogenated alkanes) is 3. The van der Waals surface area contributed by atoms with Crippen molar-refractivity contribution in [3.63, 3.8) is 0 Å². The van der Waals surface area contributed by atoms with E-state index in [9.17, 15) is 4.79 Å². The number of aryl methyl sites for hydroxylation is 2. The standard InChI is InChI=1S/C17H23N3O2S/c1-3-4-5-6-10-16-19-20-17(23-16)18-15(21)12-22-14-9-7-8-13(2)11-14/h7-9,11H,3-6,10,12H2,1-2H3,(H,18,20,21). The fourth-order valence-electron chi connectivity index (χ4n) is 2.12. The third-order valence-electron chi connectivity index (χ3n) is 3.32. The number of anilines is 1. The number of aromatic nitrogens is 2. The Morgan fingerprint density at radius 3 is 2.91 bits per heavy atom. The van der Waals surface area contributed by atoms with Crippen LogP contribution in [-0.4, -0.2) is 22.7 Å². The number of nitrogens with zero attached hydrogens (tertiary/aromatic N) is 2. The van der Waals surface area contributed by atoms with Crippen LogP contribution in [0.3, 0.4) is 0 Å². The zero-order valence-corrected chi connectivity index (χ0v) is 14.5. The molecule has 0 atom stereocenters. The number of rotatable bonds is 9. The highest BCUT2D eigenvalue weighted by molar-refractivity contribution is 7.15. The molecule has 2 aromatic rings. The monoisotopic (exact) mass is 333 g/mol. The summed E-state index contributed by atoms with van der Waals surface area (Å²) in [6.45, 7) is 4.14. The van der Waals surface area contributed by atoms with Gasteiger partial charge in [0.2, 0.25) is 5.13 Å². The van der Waals surface area contributed by atoms with Crippen molar-refractivity contribution in [2.45, 2.75) is 46.0 Å². The molecule has 0 aliphatic rings. The SMILES string of the molecule is CCCCCCc1nnc(NC(=O)COc2cccc(C)c2)s1. The molecule has 0 spiro atoms. The summed E-state index contributed by atoms with van der Waals surface area (Å²) in [5, 5.41) is 12.3. The highest BCUT2D eigenvalue weighted by Gasteiger charge is 2.09. The maximum Gasteiger partial charge on any atom is 0.264 e. The number of nitrogens with one attached hydrogen (secondary N) is 1. The van der Waals surface area contributed by atoms with Gasteiger partial charge in [-0.3, -0.25) is 10.1 Å². The Hall–Kier alpha value is -1.95. The first-order valence-corrected chi connectivity index (χ1v) is 8.80. The van der Waals surface area contributed by atoms with Gasteiger partial charge in [0.15, 0.2) is 6.61 Å². The molecule has 0 fully saturated rings. The molecule has 0 unspecified atom stereocenters. The van der Waals surface area contributed by atoms with Crippen molar-refractivity contribution < 1.29 is 9.53 Å². The molecule has 2 rings (SSSR count). The average Bonchev–Trinajstić information content (AvgIpc) is 2.97. The predicted molar refractivity (Wildman–Crippen MR) is 93.1 cm³/mol. The van der Waals surface area contributed by atoms with E-state index in [0.717, 1.165) is 23.4 Å². The molecule has 5 nitrogen and oxygen atoms in total. The van der Waals surface area contributed by atoms with E-state index in [1.807, 2.05) is 31.2 Å². The van der Waals surface area contributed by atoms with Gasteiger partial charge in [0.25, 0.3) is 5.91 Å². The van der Waals surface area contributed by atoms with Gasteiger partial charge in [0, 0.05) is 6.42 Å². The highest BCUT2D eigenvalue weighted by Crippen LogP contribution is 2.18. The smallest absolute Gasteiger partial charge is 0.264 e. The summed E-state index contributed by atoms with van der Waals surface area (Å²) in [4.78, 5) is 11.9. The number of carbonyl (C=O) groups excluding carboxylic acids is 1. The first-order chi connectivity index (χ1) is 11.2. The van der Waals surface area contributed by atoms with Crippen LogP contribution in [0.25, 0.3) is 0 Å². The Labute approximate surface area is 141 Å². The summed E-state index contributed by atoms with van der Waals surface area (Å²) in [6, 6.07) is 7.61. The van der Waals surface area contributed by atoms with E-state index in [2.05, 4.69) is 22.4 Å². The van der Waals surface area contributed by atoms with Crippen molar-refractivity contribution >= 4 is 22.4 Å². The molecule has 0 aliphatic carbocycles. The molecule has 0 saturated heterocycles. The molecule has 1 aromatic heterocycles. The largest absolute Gasteiger partial charge is 0.484 e. The third kappa shape index (κ3) is 6.36. The molecule has 0 radical (unpaired) electrons. The summed E-state index contributed by atoms with van der Waals surface area (Å²) in [6.07, 6.45) is 5.72. The van der Waals surface area contributed by atoms with Gasteiger partial charge in [-0.2, -0.15) is 0 Å². The Morgan fingerprint density at radius 2 is 2.13 bits per heavy atom. The van der Waals surface area contributed by atoms with Gasteiger partial charge in [0.05, 0.1) is 0 Å². The van der Waals surface area contributed by atoms with Gasteiger partial charge in [0.1, 0.15) is 10.8 Å². The van der Waals surface area contributed by atoms with E-state index >= 15 is 0 Å². The normalized spacial score (nSPS) is 10.5. The molecule has 1 amide bonds. The third-order valence-corrected chi connectivity index (χ3v) is 4.22. The van der Waals surface area contributed by atoms with Crippen LogP contribution in [-0.2, 0) is 11.2 Å². The lowest BCUT2D eigenvalue weighted by Gasteiger charge is -2.05. The Bertz CT molecular complexity index is 628. The second-order valence-corrected chi connectivity index (χ2v) is 6.53. The van der Waals surface area contributed by atoms with Crippen LogP contribution in [0.5, 0.6) is 5.75 Å². The molecule has 1 aromatic carbocycles. The molecule has 1 heterocycles. The van der Waals surface area contributed by atoms with Gasteiger partial charge < -0.3 is 4.74 Å². The fourth-order valence-corrected chi connectivity index (χ4v) is 2.92. The van der Waals surface area contributed by atoms with Crippen LogP contribution in [0.4, 0.5) is 5.13 Å². The maximum atomic E-state index is 11.9. The minimum Gasteiger partial charge on any atom is -0.484 e. The first-order valence-electron chi connectivity index (χ1n) is 7.99. The van der Waals surface area contributed by atoms with E-state index in [1.54, 1.807) is 0 Å². The zero-order chi connectivity index (χ0) is 16.5. The highest BCUT2D eigenvalue weighted by atomic mass is 32.1. The summed E-state index contributed by atoms with van der Waals surface area (Å²) < 4.78 is 5.46. The summed E-state index contributed by atoms with van der Waals surface area (Å²) in [7, 11) is 0. The second kappa shape index (κ2) is 9.25. The van der Waals surface area contributed by atoms with Crippen LogP contribution >= 0.6 is 11.3 Å². The van der Waals surface area contributed by atoms with Gasteiger partial charge in [-0.1, -0.05) is 49.7 Å². The Kier molecular flexibility index (Phi) is 7.00. The number of amides is 1. The summed E-state index contributed by atoms with van der Waals surface area (Å²) in [5.41, 5.74) is 1.10. The quantitative estimate of drug-likeness (QED) is 0.705. The van der Waals surface area contributed by atoms with E-state index in [0.29, 0.717) is 10.9 Å². The average molecular weight is 333 g/mol. The van der Waals surface area contributed by atoms with Crippen molar-refractivity contribution in [2.24, 2.45) is 0 Å². The van der Waals surface area contributed by atoms with Crippen LogP contribution in [0.2, 0.25) is 0 Å². The second-order valence-electron chi connectivity index (χ2n) is 5.46. The zero-order valence-electron chi connectivity index (χ0n) is 13.7. The number of ether oxygens (including phenoxy) is 1. The van der Waals surface area contributed by atoms with Crippen molar-refractivity contribution in [3.8, 4) is 5.75 Å². The van der Waals surface area contributed by atoms with Crippen LogP contribution in [0, 0.1) is 6.92 Å². The van der Waals surface area contributed by atoms with Crippen molar-refractivity contribution in [1.29, 1.82) is 0 Å². The Balaban J connectivity index is 1.73. The topological polar surface area (TPSA) is 64.1 Å². The number of carbonyl (C=O) groups is 1. The van der Waals surface area contributed by atoms with Crippen LogP contribution < -0.4 is 10.1 Å². The molecular formula is C17H23N3O2S. The van der Waals surface area contributed by atoms with Gasteiger partial charge in [-0.25, -0.2) is 0 Å². The number of hydrogen-bond donors (Lipinski definition) is 1. The minimum absolute atomic E-state index is 0.0329. The predicted octanol–water partition coefficient (Wildman–Crippen LogP) is 3.99. The first kappa shape index (κ1) is 17.4. The van der Waals surface area contributed by atoms with Gasteiger partial charge >= 0.3 is 0 Å². The maximum absolute atomic E-state index is 11.9. The van der Waals surface area contributed by atoms with E-state index in [4.69, 9.17) is 4.74 Å². The van der Waals surface area contributed by atoms with Crippen molar-refractivity contribution in [1.82, 2.24) is 10.2 Å². The lowest BCUT2D eigenvalue weighted by molar-refractivity contribution is -0.118. The summed E-state index contributed by atoms with van der Waals surface area (Å²) >= 11 is 1.43. The van der Waals surface area contributed by atoms with Crippen LogP contribution in [0.15, 0.2) is 24.3 Å². The van der Waals surface area contributed by atoms with E-state index < -0.39 is 0 Å². The van der Waals surface area contributed by atoms with E-state index in [1.165, 1.54) is 30.6 Å². The molecule has 23 heavy (non-hydrogen) atoms. The van der Waals surface area contributed by atoms with Gasteiger partial charge in [-0.15, -0.1) is 10.2 Å². The number of benzene rings is 1. The Morgan fingerprint density at radius 1 is 1.26 bits per heavy atom. The molecule has 0 saturated carbocycles. The molecule has 0 aliphatic heterocycles. The van der Waals surface area contributed by atoms with Gasteiger partial charge in [-0.05, 0) is 31.0 Å². The molecule has 124 valence electrons. The fraction of sp³-hybridized carbons (Fsp3) is 0.471. The molecular weight excluding hydrogens is 310 g/mol. The molecule has 1 N–H and O–H groups in total. The summed E-state index contributed by atoms with van der Waals surface area (Å²) in [5.74, 6) is 0.467. The minimum atomic E-state index is -0.222. The lowest BCUT2D eigenvalue weighted by Crippen LogP contribution is -2.20. The van der Waals surface area contributed by atoms with E-state index in [-0.39, 0.29) is 12.5 Å². The molecule has 0 bridgehead atoms.